The van der Waals surface area contributed by atoms with E-state index in [4.69, 9.17) is 32.7 Å². The van der Waals surface area contributed by atoms with Gasteiger partial charge in [0.25, 0.3) is 0 Å². The van der Waals surface area contributed by atoms with Gasteiger partial charge in [-0.05, 0) is 56.5 Å². The summed E-state index contributed by atoms with van der Waals surface area (Å²) in [4.78, 5) is 11.1. The smallest absolute Gasteiger partial charge is 0.159 e. The van der Waals surface area contributed by atoms with E-state index in [1.165, 1.54) is 0 Å². The van der Waals surface area contributed by atoms with Crippen LogP contribution >= 0.6 is 23.2 Å². The summed E-state index contributed by atoms with van der Waals surface area (Å²) in [6.07, 6.45) is 4.59. The third kappa shape index (κ3) is 8.76. The zero-order valence-corrected chi connectivity index (χ0v) is 13.6. The molecule has 0 amide bonds. The lowest BCUT2D eigenvalue weighted by Crippen LogP contribution is -2.00. The molecule has 0 unspecified atom stereocenters. The molecule has 1 aromatic rings. The molecule has 5 heteroatoms. The van der Waals surface area contributed by atoms with E-state index in [0.29, 0.717) is 25.4 Å². The summed E-state index contributed by atoms with van der Waals surface area (Å²) >= 11 is 10.9. The zero-order chi connectivity index (χ0) is 15.5. The van der Waals surface area contributed by atoms with Crippen molar-refractivity contribution >= 4 is 29.0 Å². The van der Waals surface area contributed by atoms with E-state index in [1.807, 2.05) is 12.1 Å². The molecule has 0 saturated carbocycles. The Kier molecular flexibility index (Phi) is 9.15. The Hall–Kier alpha value is -1.03. The van der Waals surface area contributed by atoms with Crippen LogP contribution in [0.1, 0.15) is 36.5 Å². The van der Waals surface area contributed by atoms with E-state index in [1.54, 1.807) is 25.1 Å². The normalized spacial score (nSPS) is 10.2. The predicted molar refractivity (Wildman–Crippen MR) is 86.4 cm³/mol. The molecule has 0 atom stereocenters. The molecule has 0 bridgehead atoms. The van der Waals surface area contributed by atoms with Crippen LogP contribution in [0.5, 0.6) is 5.75 Å². The zero-order valence-electron chi connectivity index (χ0n) is 12.1. The number of rotatable bonds is 10. The van der Waals surface area contributed by atoms with Gasteiger partial charge in [0.1, 0.15) is 10.2 Å². The summed E-state index contributed by atoms with van der Waals surface area (Å²) in [6, 6.07) is 7.20. The lowest BCUT2D eigenvalue weighted by Gasteiger charge is -2.06. The molecule has 0 fully saturated rings. The van der Waals surface area contributed by atoms with Crippen LogP contribution in [0.4, 0.5) is 0 Å². The summed E-state index contributed by atoms with van der Waals surface area (Å²) in [5, 5.41) is 0. The predicted octanol–water partition coefficient (Wildman–Crippen LogP) is 4.77. The molecule has 0 spiro atoms. The molecule has 0 N–H and O–H groups in total. The number of carbonyl (C=O) groups excluding carboxylic acids is 1. The number of ether oxygens (including phenoxy) is 2. The minimum Gasteiger partial charge on any atom is -0.494 e. The number of halogens is 2. The van der Waals surface area contributed by atoms with Gasteiger partial charge < -0.3 is 9.47 Å². The third-order valence-electron chi connectivity index (χ3n) is 2.82. The largest absolute Gasteiger partial charge is 0.494 e. The van der Waals surface area contributed by atoms with Crippen molar-refractivity contribution in [3.63, 3.8) is 0 Å². The number of ketones is 1. The van der Waals surface area contributed by atoms with Crippen LogP contribution < -0.4 is 4.74 Å². The average molecular weight is 331 g/mol. The van der Waals surface area contributed by atoms with E-state index in [9.17, 15) is 4.79 Å². The maximum absolute atomic E-state index is 11.1. The molecule has 0 aliphatic rings. The van der Waals surface area contributed by atoms with E-state index in [0.717, 1.165) is 25.0 Å². The van der Waals surface area contributed by atoms with Gasteiger partial charge in [0.15, 0.2) is 5.78 Å². The average Bonchev–Trinajstić information content (AvgIpc) is 2.45. The first-order valence-electron chi connectivity index (χ1n) is 6.92. The summed E-state index contributed by atoms with van der Waals surface area (Å²) in [5.41, 5.74) is 0.700. The van der Waals surface area contributed by atoms with Crippen molar-refractivity contribution in [3.8, 4) is 5.75 Å². The van der Waals surface area contributed by atoms with E-state index in [2.05, 4.69) is 0 Å². The fourth-order valence-electron chi connectivity index (χ4n) is 1.66. The lowest BCUT2D eigenvalue weighted by molar-refractivity contribution is 0.101. The SMILES string of the molecule is CC(=O)c1ccc(OCCCCCOCC=C(Cl)Cl)cc1. The second-order valence-corrected chi connectivity index (χ2v) is 5.57. The van der Waals surface area contributed by atoms with Crippen LogP contribution in [0, 0.1) is 0 Å². The van der Waals surface area contributed by atoms with Gasteiger partial charge in [0, 0.05) is 12.2 Å². The number of unbranched alkanes of at least 4 members (excludes halogenated alkanes) is 2. The first-order valence-corrected chi connectivity index (χ1v) is 7.68. The van der Waals surface area contributed by atoms with Crippen LogP contribution in [0.3, 0.4) is 0 Å². The van der Waals surface area contributed by atoms with Gasteiger partial charge in [-0.1, -0.05) is 23.2 Å². The lowest BCUT2D eigenvalue weighted by atomic mass is 10.1. The fraction of sp³-hybridized carbons (Fsp3) is 0.438. The van der Waals surface area contributed by atoms with E-state index >= 15 is 0 Å². The summed E-state index contributed by atoms with van der Waals surface area (Å²) in [5.74, 6) is 0.852. The van der Waals surface area contributed by atoms with Gasteiger partial charge in [-0.2, -0.15) is 0 Å². The van der Waals surface area contributed by atoms with E-state index in [-0.39, 0.29) is 10.3 Å². The first kappa shape index (κ1) is 18.0. The van der Waals surface area contributed by atoms with Crippen LogP contribution in [0.15, 0.2) is 34.8 Å². The van der Waals surface area contributed by atoms with Gasteiger partial charge in [0.05, 0.1) is 13.2 Å². The number of benzene rings is 1. The summed E-state index contributed by atoms with van der Waals surface area (Å²) in [6.45, 7) is 3.34. The van der Waals surface area contributed by atoms with Gasteiger partial charge in [-0.15, -0.1) is 0 Å². The van der Waals surface area contributed by atoms with Crippen molar-refractivity contribution in [2.45, 2.75) is 26.2 Å². The molecule has 0 radical (unpaired) electrons. The standard InChI is InChI=1S/C16H20Cl2O3/c1-13(19)14-5-7-15(8-6-14)21-11-4-2-3-10-20-12-9-16(17)18/h5-9H,2-4,10-12H2,1H3. The second kappa shape index (κ2) is 10.7. The van der Waals surface area contributed by atoms with Crippen molar-refractivity contribution in [2.75, 3.05) is 19.8 Å². The number of hydrogen-bond acceptors (Lipinski definition) is 3. The molecule has 0 saturated heterocycles. The monoisotopic (exact) mass is 330 g/mol. The molecule has 0 heterocycles. The van der Waals surface area contributed by atoms with Crippen LogP contribution in [0.25, 0.3) is 0 Å². The molecule has 0 aromatic heterocycles. The number of Topliss-reactive ketones (excluding diaryl/α,β-unsaturated/α-hetero) is 1. The van der Waals surface area contributed by atoms with Gasteiger partial charge in [-0.25, -0.2) is 0 Å². The summed E-state index contributed by atoms with van der Waals surface area (Å²) in [7, 11) is 0. The van der Waals surface area contributed by atoms with Crippen LogP contribution in [-0.2, 0) is 4.74 Å². The summed E-state index contributed by atoms with van der Waals surface area (Å²) < 4.78 is 11.2. The Morgan fingerprint density at radius 3 is 2.38 bits per heavy atom. The number of hydrogen-bond donors (Lipinski definition) is 0. The molecule has 3 nitrogen and oxygen atoms in total. The Balaban J connectivity index is 2.04. The highest BCUT2D eigenvalue weighted by Gasteiger charge is 1.99. The fourth-order valence-corrected chi connectivity index (χ4v) is 1.79. The molecule has 0 aliphatic carbocycles. The Morgan fingerprint density at radius 1 is 1.10 bits per heavy atom. The molecule has 0 aliphatic heterocycles. The molecule has 116 valence electrons. The van der Waals surface area contributed by atoms with Gasteiger partial charge in [0.2, 0.25) is 0 Å². The minimum atomic E-state index is 0.0619. The van der Waals surface area contributed by atoms with Crippen molar-refractivity contribution in [1.82, 2.24) is 0 Å². The third-order valence-corrected chi connectivity index (χ3v) is 3.13. The Bertz CT molecular complexity index is 451. The molecular weight excluding hydrogens is 311 g/mol. The highest BCUT2D eigenvalue weighted by molar-refractivity contribution is 6.55. The second-order valence-electron chi connectivity index (χ2n) is 4.56. The minimum absolute atomic E-state index is 0.0619. The quantitative estimate of drug-likeness (QED) is 0.457. The highest BCUT2D eigenvalue weighted by Crippen LogP contribution is 2.13. The maximum Gasteiger partial charge on any atom is 0.159 e. The van der Waals surface area contributed by atoms with Crippen molar-refractivity contribution in [3.05, 3.63) is 40.4 Å². The molecular formula is C16H20Cl2O3. The highest BCUT2D eigenvalue weighted by atomic mass is 35.5. The molecule has 21 heavy (non-hydrogen) atoms. The Morgan fingerprint density at radius 2 is 1.76 bits per heavy atom. The maximum atomic E-state index is 11.1. The first-order chi connectivity index (χ1) is 10.1. The molecule has 1 rings (SSSR count). The van der Waals surface area contributed by atoms with Crippen molar-refractivity contribution < 1.29 is 14.3 Å². The van der Waals surface area contributed by atoms with Crippen LogP contribution in [0.2, 0.25) is 0 Å². The van der Waals surface area contributed by atoms with Crippen LogP contribution in [-0.4, -0.2) is 25.6 Å². The van der Waals surface area contributed by atoms with Gasteiger partial charge >= 0.3 is 0 Å². The van der Waals surface area contributed by atoms with Crippen molar-refractivity contribution in [2.24, 2.45) is 0 Å². The topological polar surface area (TPSA) is 35.5 Å². The van der Waals surface area contributed by atoms with Gasteiger partial charge in [-0.3, -0.25) is 4.79 Å². The van der Waals surface area contributed by atoms with Crippen molar-refractivity contribution in [1.29, 1.82) is 0 Å². The van der Waals surface area contributed by atoms with E-state index < -0.39 is 0 Å². The Labute approximate surface area is 135 Å². The number of carbonyl (C=O) groups is 1. The molecule has 1 aromatic carbocycles.